The summed E-state index contributed by atoms with van der Waals surface area (Å²) in [4.78, 5) is 25.8. The molecule has 1 aromatic carbocycles. The van der Waals surface area contributed by atoms with Gasteiger partial charge in [-0.15, -0.1) is 0 Å². The molecule has 0 saturated heterocycles. The van der Waals surface area contributed by atoms with Crippen molar-refractivity contribution in [1.82, 2.24) is 24.7 Å². The van der Waals surface area contributed by atoms with E-state index in [2.05, 4.69) is 32.2 Å². The number of nitrogens with zero attached hydrogens (tertiary/aromatic N) is 5. The van der Waals surface area contributed by atoms with Crippen LogP contribution in [0.4, 0.5) is 0 Å². The van der Waals surface area contributed by atoms with Gasteiger partial charge in [0.25, 0.3) is 5.56 Å². The highest BCUT2D eigenvalue weighted by Crippen LogP contribution is 2.46. The zero-order valence-electron chi connectivity index (χ0n) is 16.8. The van der Waals surface area contributed by atoms with Gasteiger partial charge in [-0.2, -0.15) is 4.98 Å². The van der Waals surface area contributed by atoms with Crippen LogP contribution in [0.1, 0.15) is 47.5 Å². The molecule has 152 valence electrons. The van der Waals surface area contributed by atoms with Gasteiger partial charge in [0, 0.05) is 12.1 Å². The van der Waals surface area contributed by atoms with E-state index in [0.717, 1.165) is 24.2 Å². The van der Waals surface area contributed by atoms with Crippen LogP contribution in [-0.4, -0.2) is 31.8 Å². The normalized spacial score (nSPS) is 18.3. The fourth-order valence-corrected chi connectivity index (χ4v) is 3.96. The van der Waals surface area contributed by atoms with Gasteiger partial charge in [-0.25, -0.2) is 9.97 Å². The average Bonchev–Trinajstić information content (AvgIpc) is 3.17. The van der Waals surface area contributed by atoms with E-state index >= 15 is 0 Å². The largest absolute Gasteiger partial charge is 0.497 e. The number of methoxy groups -OCH3 is 1. The molecule has 1 fully saturated rings. The van der Waals surface area contributed by atoms with Crippen molar-refractivity contribution in [3.63, 3.8) is 0 Å². The first-order valence-corrected chi connectivity index (χ1v) is 9.89. The van der Waals surface area contributed by atoms with Gasteiger partial charge >= 0.3 is 0 Å². The van der Waals surface area contributed by atoms with E-state index in [1.54, 1.807) is 19.4 Å². The Labute approximate surface area is 172 Å². The lowest BCUT2D eigenvalue weighted by atomic mass is 9.71. The molecule has 0 spiro atoms. The molecular weight excluding hydrogens is 382 g/mol. The number of ether oxygens (including phenoxy) is 1. The molecule has 1 aliphatic rings. The summed E-state index contributed by atoms with van der Waals surface area (Å²) < 4.78 is 12.1. The van der Waals surface area contributed by atoms with Crippen molar-refractivity contribution in [3.05, 3.63) is 76.1 Å². The van der Waals surface area contributed by atoms with Gasteiger partial charge in [-0.05, 0) is 55.0 Å². The maximum Gasteiger partial charge on any atom is 0.263 e. The molecule has 0 radical (unpaired) electrons. The predicted octanol–water partition coefficient (Wildman–Crippen LogP) is 3.20. The minimum atomic E-state index is -0.159. The molecule has 0 aliphatic heterocycles. The topological polar surface area (TPSA) is 95.9 Å². The number of rotatable bonds is 5. The van der Waals surface area contributed by atoms with E-state index in [1.165, 1.54) is 16.5 Å². The van der Waals surface area contributed by atoms with Crippen molar-refractivity contribution in [2.24, 2.45) is 0 Å². The number of benzene rings is 1. The Balaban J connectivity index is 1.29. The minimum Gasteiger partial charge on any atom is -0.497 e. The van der Waals surface area contributed by atoms with Crippen LogP contribution in [0.15, 0.2) is 52.2 Å². The molecule has 4 aromatic rings. The lowest BCUT2D eigenvalue weighted by Gasteiger charge is -2.33. The predicted molar refractivity (Wildman–Crippen MR) is 110 cm³/mol. The number of fused-ring (bicyclic) bond motifs is 1. The molecule has 3 aromatic heterocycles. The summed E-state index contributed by atoms with van der Waals surface area (Å²) in [6.07, 6.45) is 5.09. The van der Waals surface area contributed by atoms with E-state index in [4.69, 9.17) is 9.26 Å². The van der Waals surface area contributed by atoms with Crippen LogP contribution in [0.5, 0.6) is 5.75 Å². The zero-order valence-corrected chi connectivity index (χ0v) is 16.8. The zero-order chi connectivity index (χ0) is 20.7. The summed E-state index contributed by atoms with van der Waals surface area (Å²) in [6.45, 7) is 2.07. The van der Waals surface area contributed by atoms with E-state index < -0.39 is 0 Å². The second-order valence-corrected chi connectivity index (χ2v) is 7.69. The third-order valence-electron chi connectivity index (χ3n) is 5.81. The highest BCUT2D eigenvalue weighted by Gasteiger charge is 2.34. The first-order chi connectivity index (χ1) is 14.6. The molecule has 0 unspecified atom stereocenters. The first kappa shape index (κ1) is 18.5. The third kappa shape index (κ3) is 3.24. The van der Waals surface area contributed by atoms with Gasteiger partial charge in [0.05, 0.1) is 12.5 Å². The first-order valence-electron chi connectivity index (χ1n) is 9.89. The Morgan fingerprint density at radius 2 is 1.93 bits per heavy atom. The van der Waals surface area contributed by atoms with Crippen molar-refractivity contribution in [3.8, 4) is 5.75 Å². The molecule has 1 saturated carbocycles. The van der Waals surface area contributed by atoms with Crippen LogP contribution in [0.25, 0.3) is 11.0 Å². The molecular formula is C22H21N5O3. The monoisotopic (exact) mass is 403 g/mol. The van der Waals surface area contributed by atoms with Crippen molar-refractivity contribution in [2.75, 3.05) is 7.11 Å². The molecule has 0 atom stereocenters. The fourth-order valence-electron chi connectivity index (χ4n) is 3.96. The summed E-state index contributed by atoms with van der Waals surface area (Å²) in [5, 5.41) is 4.66. The molecule has 8 nitrogen and oxygen atoms in total. The minimum absolute atomic E-state index is 0.159. The van der Waals surface area contributed by atoms with Crippen molar-refractivity contribution in [2.45, 2.75) is 38.1 Å². The smallest absolute Gasteiger partial charge is 0.263 e. The standard InChI is InChI=1S/C22H21N5O3/c1-13-7-8-23-21-19(13)22(28)27(12-24-21)11-18-25-20(26-30-18)16-9-15(10-16)14-3-5-17(29-2)6-4-14/h3-8,12,15-16H,9-11H2,1-2H3. The van der Waals surface area contributed by atoms with Gasteiger partial charge in [0.1, 0.15) is 18.6 Å². The van der Waals surface area contributed by atoms with Gasteiger partial charge < -0.3 is 9.26 Å². The lowest BCUT2D eigenvalue weighted by molar-refractivity contribution is 0.315. The van der Waals surface area contributed by atoms with Crippen LogP contribution in [0, 0.1) is 6.92 Å². The summed E-state index contributed by atoms with van der Waals surface area (Å²) in [5.74, 6) is 2.73. The Morgan fingerprint density at radius 1 is 1.13 bits per heavy atom. The summed E-state index contributed by atoms with van der Waals surface area (Å²) in [7, 11) is 1.67. The number of hydrogen-bond donors (Lipinski definition) is 0. The van der Waals surface area contributed by atoms with Crippen molar-refractivity contribution < 1.29 is 9.26 Å². The Bertz CT molecular complexity index is 1260. The number of aromatic nitrogens is 5. The van der Waals surface area contributed by atoms with E-state index in [9.17, 15) is 4.79 Å². The van der Waals surface area contributed by atoms with Crippen LogP contribution in [0.3, 0.4) is 0 Å². The quantitative estimate of drug-likeness (QED) is 0.505. The lowest BCUT2D eigenvalue weighted by Crippen LogP contribution is -2.23. The van der Waals surface area contributed by atoms with Crippen LogP contribution < -0.4 is 10.3 Å². The average molecular weight is 403 g/mol. The van der Waals surface area contributed by atoms with Gasteiger partial charge in [-0.1, -0.05) is 17.3 Å². The highest BCUT2D eigenvalue weighted by atomic mass is 16.5. The van der Waals surface area contributed by atoms with Crippen LogP contribution >= 0.6 is 0 Å². The number of pyridine rings is 1. The van der Waals surface area contributed by atoms with Crippen molar-refractivity contribution in [1.29, 1.82) is 0 Å². The molecule has 0 amide bonds. The number of aryl methyl sites for hydroxylation is 1. The molecule has 30 heavy (non-hydrogen) atoms. The van der Waals surface area contributed by atoms with E-state index in [1.807, 2.05) is 19.1 Å². The highest BCUT2D eigenvalue weighted by molar-refractivity contribution is 5.76. The molecule has 0 bridgehead atoms. The van der Waals surface area contributed by atoms with Crippen molar-refractivity contribution >= 4 is 11.0 Å². The van der Waals surface area contributed by atoms with E-state index in [0.29, 0.717) is 28.7 Å². The fraction of sp³-hybridized carbons (Fsp3) is 0.318. The maximum absolute atomic E-state index is 12.8. The Morgan fingerprint density at radius 3 is 2.70 bits per heavy atom. The Hall–Kier alpha value is -3.55. The molecule has 1 aliphatic carbocycles. The van der Waals surface area contributed by atoms with Crippen LogP contribution in [-0.2, 0) is 6.54 Å². The van der Waals surface area contributed by atoms with E-state index in [-0.39, 0.29) is 18.0 Å². The van der Waals surface area contributed by atoms with Crippen LogP contribution in [0.2, 0.25) is 0 Å². The molecule has 3 heterocycles. The summed E-state index contributed by atoms with van der Waals surface area (Å²) in [5.41, 5.74) is 2.43. The summed E-state index contributed by atoms with van der Waals surface area (Å²) in [6, 6.07) is 9.99. The van der Waals surface area contributed by atoms with Gasteiger partial charge in [-0.3, -0.25) is 9.36 Å². The second kappa shape index (κ2) is 7.37. The third-order valence-corrected chi connectivity index (χ3v) is 5.81. The summed E-state index contributed by atoms with van der Waals surface area (Å²) >= 11 is 0. The Kier molecular flexibility index (Phi) is 4.54. The maximum atomic E-state index is 12.8. The van der Waals surface area contributed by atoms with Gasteiger partial charge in [0.15, 0.2) is 11.5 Å². The molecule has 8 heteroatoms. The SMILES string of the molecule is COc1ccc(C2CC(c3noc(Cn4cnc5nccc(C)c5c4=O)n3)C2)cc1. The molecule has 0 N–H and O–H groups in total. The van der Waals surface area contributed by atoms with Gasteiger partial charge in [0.2, 0.25) is 5.89 Å². The number of hydrogen-bond acceptors (Lipinski definition) is 7. The molecule has 5 rings (SSSR count). The second-order valence-electron chi connectivity index (χ2n) is 7.69.